The monoisotopic (exact) mass is 495 g/mol. The lowest BCUT2D eigenvalue weighted by molar-refractivity contribution is -0.136. The SMILES string of the molecule is Cc1ccc(C(=O)N2[C@H](C(=O)N3CCCC3)COC23CCN(C(=O)c2ccccc2Cl)CC3)cc1. The van der Waals surface area contributed by atoms with E-state index in [4.69, 9.17) is 16.3 Å². The fraction of sp³-hybridized carbons (Fsp3) is 0.444. The second-order valence-electron chi connectivity index (χ2n) is 9.62. The summed E-state index contributed by atoms with van der Waals surface area (Å²) >= 11 is 6.25. The lowest BCUT2D eigenvalue weighted by atomic mass is 9.95. The van der Waals surface area contributed by atoms with Gasteiger partial charge in [0.25, 0.3) is 11.8 Å². The molecule has 0 radical (unpaired) electrons. The largest absolute Gasteiger partial charge is 0.353 e. The number of hydrogen-bond acceptors (Lipinski definition) is 4. The number of amides is 3. The van der Waals surface area contributed by atoms with Gasteiger partial charge in [0.05, 0.1) is 17.2 Å². The molecule has 3 aliphatic heterocycles. The van der Waals surface area contributed by atoms with Crippen molar-refractivity contribution in [1.29, 1.82) is 0 Å². The van der Waals surface area contributed by atoms with Crippen LogP contribution in [0.1, 0.15) is 52.0 Å². The molecule has 3 fully saturated rings. The number of nitrogens with zero attached hydrogens (tertiary/aromatic N) is 3. The lowest BCUT2D eigenvalue weighted by Gasteiger charge is -2.44. The minimum Gasteiger partial charge on any atom is -0.353 e. The van der Waals surface area contributed by atoms with Crippen molar-refractivity contribution in [2.45, 2.75) is 44.4 Å². The Balaban J connectivity index is 1.40. The Labute approximate surface area is 210 Å². The number of aryl methyl sites for hydroxylation is 1. The molecule has 1 atom stereocenters. The van der Waals surface area contributed by atoms with Crippen LogP contribution in [-0.2, 0) is 9.53 Å². The van der Waals surface area contributed by atoms with Crippen molar-refractivity contribution in [3.8, 4) is 0 Å². The summed E-state index contributed by atoms with van der Waals surface area (Å²) in [5, 5.41) is 0.419. The lowest BCUT2D eigenvalue weighted by Crippen LogP contribution is -2.60. The summed E-state index contributed by atoms with van der Waals surface area (Å²) in [5.41, 5.74) is 1.14. The highest BCUT2D eigenvalue weighted by Crippen LogP contribution is 2.39. The number of carbonyl (C=O) groups is 3. The number of piperidine rings is 1. The molecule has 0 aromatic heterocycles. The fourth-order valence-corrected chi connectivity index (χ4v) is 5.62. The van der Waals surface area contributed by atoms with E-state index in [-0.39, 0.29) is 24.3 Å². The molecule has 0 bridgehead atoms. The standard InChI is InChI=1S/C27H30ClN3O4/c1-19-8-10-20(11-9-19)24(32)31-23(26(34)29-14-4-5-15-29)18-35-27(31)12-16-30(17-13-27)25(33)21-6-2-3-7-22(21)28/h2-3,6-11,23H,4-5,12-18H2,1H3/t23-/m0/s1. The van der Waals surface area contributed by atoms with E-state index in [1.54, 1.807) is 46.2 Å². The second kappa shape index (κ2) is 9.63. The van der Waals surface area contributed by atoms with E-state index in [0.717, 1.165) is 31.5 Å². The van der Waals surface area contributed by atoms with E-state index in [2.05, 4.69) is 0 Å². The summed E-state index contributed by atoms with van der Waals surface area (Å²) in [5.74, 6) is -0.384. The average molecular weight is 496 g/mol. The van der Waals surface area contributed by atoms with Gasteiger partial charge < -0.3 is 14.5 Å². The fourth-order valence-electron chi connectivity index (χ4n) is 5.40. The molecule has 7 nitrogen and oxygen atoms in total. The van der Waals surface area contributed by atoms with E-state index in [9.17, 15) is 14.4 Å². The van der Waals surface area contributed by atoms with Crippen molar-refractivity contribution in [3.63, 3.8) is 0 Å². The van der Waals surface area contributed by atoms with E-state index in [1.807, 2.05) is 24.0 Å². The van der Waals surface area contributed by atoms with Gasteiger partial charge in [-0.1, -0.05) is 41.4 Å². The Kier molecular flexibility index (Phi) is 6.55. The normalized spacial score (nSPS) is 21.5. The van der Waals surface area contributed by atoms with Gasteiger partial charge in [-0.05, 0) is 44.0 Å². The highest BCUT2D eigenvalue weighted by molar-refractivity contribution is 6.33. The van der Waals surface area contributed by atoms with Gasteiger partial charge in [-0.15, -0.1) is 0 Å². The first-order valence-electron chi connectivity index (χ1n) is 12.3. The third-order valence-electron chi connectivity index (χ3n) is 7.42. The van der Waals surface area contributed by atoms with Crippen LogP contribution in [0.2, 0.25) is 5.02 Å². The number of hydrogen-bond donors (Lipinski definition) is 0. The molecule has 1 spiro atoms. The summed E-state index contributed by atoms with van der Waals surface area (Å²) in [6.07, 6.45) is 2.83. The van der Waals surface area contributed by atoms with Gasteiger partial charge in [0.15, 0.2) is 0 Å². The maximum Gasteiger partial charge on any atom is 0.256 e. The summed E-state index contributed by atoms with van der Waals surface area (Å²) in [6, 6.07) is 13.8. The number of likely N-dealkylation sites (tertiary alicyclic amines) is 2. The smallest absolute Gasteiger partial charge is 0.256 e. The highest BCUT2D eigenvalue weighted by atomic mass is 35.5. The molecule has 8 heteroatoms. The minimum absolute atomic E-state index is 0.0468. The molecule has 35 heavy (non-hydrogen) atoms. The molecule has 2 aromatic carbocycles. The maximum atomic E-state index is 13.8. The van der Waals surface area contributed by atoms with Crippen molar-refractivity contribution in [3.05, 3.63) is 70.2 Å². The maximum absolute atomic E-state index is 13.8. The van der Waals surface area contributed by atoms with Crippen LogP contribution in [-0.4, -0.2) is 77.0 Å². The first kappa shape index (κ1) is 23.8. The Bertz CT molecular complexity index is 1120. The van der Waals surface area contributed by atoms with Crippen molar-refractivity contribution in [2.75, 3.05) is 32.8 Å². The molecule has 3 amide bonds. The van der Waals surface area contributed by atoms with E-state index in [0.29, 0.717) is 42.1 Å². The molecule has 0 N–H and O–H groups in total. The molecule has 0 saturated carbocycles. The van der Waals surface area contributed by atoms with Gasteiger partial charge in [-0.25, -0.2) is 0 Å². The Morgan fingerprint density at radius 1 is 0.886 bits per heavy atom. The Morgan fingerprint density at radius 3 is 2.20 bits per heavy atom. The van der Waals surface area contributed by atoms with E-state index >= 15 is 0 Å². The zero-order valence-electron chi connectivity index (χ0n) is 19.9. The summed E-state index contributed by atoms with van der Waals surface area (Å²) in [7, 11) is 0. The third-order valence-corrected chi connectivity index (χ3v) is 7.75. The summed E-state index contributed by atoms with van der Waals surface area (Å²) < 4.78 is 6.30. The van der Waals surface area contributed by atoms with Crippen LogP contribution in [0.4, 0.5) is 0 Å². The van der Waals surface area contributed by atoms with E-state index in [1.165, 1.54) is 0 Å². The molecule has 0 aliphatic carbocycles. The zero-order valence-corrected chi connectivity index (χ0v) is 20.7. The van der Waals surface area contributed by atoms with Crippen LogP contribution in [0.3, 0.4) is 0 Å². The molecular weight excluding hydrogens is 466 g/mol. The first-order valence-corrected chi connectivity index (χ1v) is 12.6. The van der Waals surface area contributed by atoms with Crippen molar-refractivity contribution in [2.24, 2.45) is 0 Å². The highest BCUT2D eigenvalue weighted by Gasteiger charge is 2.55. The number of benzene rings is 2. The van der Waals surface area contributed by atoms with Crippen LogP contribution < -0.4 is 0 Å². The van der Waals surface area contributed by atoms with Crippen LogP contribution in [0.5, 0.6) is 0 Å². The molecule has 3 heterocycles. The van der Waals surface area contributed by atoms with Crippen LogP contribution >= 0.6 is 11.6 Å². The van der Waals surface area contributed by atoms with Crippen LogP contribution in [0.25, 0.3) is 0 Å². The predicted molar refractivity (Wildman–Crippen MR) is 132 cm³/mol. The number of carbonyl (C=O) groups excluding carboxylic acids is 3. The number of ether oxygens (including phenoxy) is 1. The molecule has 2 aromatic rings. The van der Waals surface area contributed by atoms with Crippen molar-refractivity contribution >= 4 is 29.3 Å². The molecule has 5 rings (SSSR count). The van der Waals surface area contributed by atoms with Gasteiger partial charge in [0, 0.05) is 44.6 Å². The van der Waals surface area contributed by atoms with Crippen LogP contribution in [0.15, 0.2) is 48.5 Å². The first-order chi connectivity index (χ1) is 16.9. The van der Waals surface area contributed by atoms with Crippen molar-refractivity contribution < 1.29 is 19.1 Å². The van der Waals surface area contributed by atoms with Gasteiger partial charge in [0.1, 0.15) is 11.8 Å². The third kappa shape index (κ3) is 4.43. The van der Waals surface area contributed by atoms with E-state index < -0.39 is 11.8 Å². The molecule has 3 aliphatic rings. The molecular formula is C27H30ClN3O4. The zero-order chi connectivity index (χ0) is 24.6. The van der Waals surface area contributed by atoms with Gasteiger partial charge in [0.2, 0.25) is 5.91 Å². The molecule has 0 unspecified atom stereocenters. The molecule has 3 saturated heterocycles. The second-order valence-corrected chi connectivity index (χ2v) is 10.0. The average Bonchev–Trinajstić information content (AvgIpc) is 3.53. The van der Waals surface area contributed by atoms with Gasteiger partial charge in [-0.2, -0.15) is 0 Å². The van der Waals surface area contributed by atoms with Gasteiger partial charge >= 0.3 is 0 Å². The summed E-state index contributed by atoms with van der Waals surface area (Å²) in [4.78, 5) is 45.6. The predicted octanol–water partition coefficient (Wildman–Crippen LogP) is 3.74. The van der Waals surface area contributed by atoms with Gasteiger partial charge in [-0.3, -0.25) is 19.3 Å². The topological polar surface area (TPSA) is 70.2 Å². The van der Waals surface area contributed by atoms with Crippen molar-refractivity contribution in [1.82, 2.24) is 14.7 Å². The summed E-state index contributed by atoms with van der Waals surface area (Å²) in [6.45, 7) is 4.40. The van der Waals surface area contributed by atoms with Crippen LogP contribution in [0, 0.1) is 6.92 Å². The number of rotatable bonds is 3. The minimum atomic E-state index is -0.917. The Hall–Kier alpha value is -2.90. The molecule has 184 valence electrons. The number of halogens is 1. The quantitative estimate of drug-likeness (QED) is 0.650. The Morgan fingerprint density at radius 2 is 1.54 bits per heavy atom.